The van der Waals surface area contributed by atoms with Crippen molar-refractivity contribution in [3.63, 3.8) is 0 Å². The van der Waals surface area contributed by atoms with Crippen molar-refractivity contribution in [3.8, 4) is 10.6 Å². The molecule has 32 heavy (non-hydrogen) atoms. The second-order valence-electron chi connectivity index (χ2n) is 7.38. The molecule has 3 aromatic rings. The molecular formula is C21H22N6O3S2. The van der Waals surface area contributed by atoms with E-state index in [-0.39, 0.29) is 22.5 Å². The topological polar surface area (TPSA) is 155 Å². The van der Waals surface area contributed by atoms with Gasteiger partial charge in [-0.05, 0) is 54.4 Å². The Morgan fingerprint density at radius 3 is 2.78 bits per heavy atom. The molecule has 1 aliphatic rings. The van der Waals surface area contributed by atoms with E-state index in [2.05, 4.69) is 9.71 Å². The van der Waals surface area contributed by atoms with Gasteiger partial charge in [0, 0.05) is 30.5 Å². The van der Waals surface area contributed by atoms with Crippen LogP contribution in [-0.4, -0.2) is 42.6 Å². The van der Waals surface area contributed by atoms with Gasteiger partial charge in [-0.15, -0.1) is 11.3 Å². The van der Waals surface area contributed by atoms with Crippen molar-refractivity contribution in [1.29, 1.82) is 5.41 Å². The van der Waals surface area contributed by atoms with Crippen LogP contribution in [0, 0.1) is 5.41 Å². The molecule has 1 atom stereocenters. The van der Waals surface area contributed by atoms with Crippen molar-refractivity contribution in [1.82, 2.24) is 14.6 Å². The maximum Gasteiger partial charge on any atom is 0.250 e. The third-order valence-electron chi connectivity index (χ3n) is 5.17. The predicted octanol–water partition coefficient (Wildman–Crippen LogP) is 1.76. The van der Waals surface area contributed by atoms with Gasteiger partial charge in [-0.3, -0.25) is 15.2 Å². The molecular weight excluding hydrogens is 448 g/mol. The third-order valence-corrected chi connectivity index (χ3v) is 8.24. The molecule has 0 saturated carbocycles. The van der Waals surface area contributed by atoms with Crippen molar-refractivity contribution in [2.24, 2.45) is 5.73 Å². The molecule has 0 aliphatic carbocycles. The van der Waals surface area contributed by atoms with Crippen LogP contribution in [0.15, 0.2) is 58.9 Å². The minimum Gasteiger partial charge on any atom is -0.398 e. The highest BCUT2D eigenvalue weighted by Gasteiger charge is 2.35. The van der Waals surface area contributed by atoms with Gasteiger partial charge < -0.3 is 16.4 Å². The number of carbonyl (C=O) groups is 1. The van der Waals surface area contributed by atoms with Crippen LogP contribution in [-0.2, 0) is 21.4 Å². The van der Waals surface area contributed by atoms with Crippen LogP contribution >= 0.6 is 11.3 Å². The normalized spacial score (nSPS) is 16.4. The molecule has 0 spiro atoms. The number of pyridine rings is 1. The Labute approximate surface area is 189 Å². The van der Waals surface area contributed by atoms with E-state index in [9.17, 15) is 13.2 Å². The largest absolute Gasteiger partial charge is 0.398 e. The number of sulfonamides is 1. The number of carbonyl (C=O) groups excluding carboxylic acids is 1. The highest BCUT2D eigenvalue weighted by Crippen LogP contribution is 2.30. The van der Waals surface area contributed by atoms with E-state index in [1.165, 1.54) is 6.07 Å². The number of nitrogens with zero attached hydrogens (tertiary/aromatic N) is 2. The molecule has 11 heteroatoms. The zero-order chi connectivity index (χ0) is 22.9. The van der Waals surface area contributed by atoms with Crippen LogP contribution in [0.5, 0.6) is 0 Å². The smallest absolute Gasteiger partial charge is 0.250 e. The molecule has 1 aliphatic heterocycles. The maximum absolute atomic E-state index is 12.9. The van der Waals surface area contributed by atoms with Crippen LogP contribution in [0.1, 0.15) is 17.5 Å². The Bertz CT molecular complexity index is 1270. The number of thiophene rings is 1. The first-order valence-corrected chi connectivity index (χ1v) is 12.1. The number of anilines is 1. The lowest BCUT2D eigenvalue weighted by Crippen LogP contribution is -2.41. The minimum absolute atomic E-state index is 0.0920. The first-order chi connectivity index (χ1) is 15.2. The van der Waals surface area contributed by atoms with Gasteiger partial charge in [-0.1, -0.05) is 6.07 Å². The van der Waals surface area contributed by atoms with Crippen LogP contribution in [0.3, 0.4) is 0 Å². The number of likely N-dealkylation sites (tertiary alicyclic amines) is 1. The Morgan fingerprint density at radius 1 is 1.25 bits per heavy atom. The zero-order valence-corrected chi connectivity index (χ0v) is 18.6. The molecule has 1 saturated heterocycles. The Morgan fingerprint density at radius 2 is 2.06 bits per heavy atom. The van der Waals surface area contributed by atoms with Gasteiger partial charge >= 0.3 is 0 Å². The average Bonchev–Trinajstić information content (AvgIpc) is 3.39. The highest BCUT2D eigenvalue weighted by molar-refractivity contribution is 7.91. The molecule has 3 heterocycles. The van der Waals surface area contributed by atoms with Crippen LogP contribution in [0.25, 0.3) is 10.6 Å². The van der Waals surface area contributed by atoms with E-state index in [0.717, 1.165) is 16.2 Å². The molecule has 1 aromatic carbocycles. The van der Waals surface area contributed by atoms with Crippen LogP contribution < -0.4 is 16.2 Å². The van der Waals surface area contributed by atoms with E-state index in [4.69, 9.17) is 16.9 Å². The Kier molecular flexibility index (Phi) is 5.96. The lowest BCUT2D eigenvalue weighted by atomic mass is 10.1. The predicted molar refractivity (Wildman–Crippen MR) is 124 cm³/mol. The molecule has 0 bridgehead atoms. The number of nitrogen functional groups attached to an aromatic ring is 2. The summed E-state index contributed by atoms with van der Waals surface area (Å²) in [4.78, 5) is 19.4. The van der Waals surface area contributed by atoms with E-state index in [1.54, 1.807) is 47.5 Å². The summed E-state index contributed by atoms with van der Waals surface area (Å²) in [5, 5.41) is 7.57. The fraction of sp³-hybridized carbons (Fsp3) is 0.190. The second kappa shape index (κ2) is 8.69. The summed E-state index contributed by atoms with van der Waals surface area (Å²) in [6.45, 7) is 0.603. The van der Waals surface area contributed by atoms with Crippen molar-refractivity contribution in [2.75, 3.05) is 12.3 Å². The lowest BCUT2D eigenvalue weighted by molar-refractivity contribution is -0.129. The van der Waals surface area contributed by atoms with Crippen molar-refractivity contribution in [2.45, 2.75) is 23.2 Å². The highest BCUT2D eigenvalue weighted by atomic mass is 32.2. The molecule has 1 fully saturated rings. The van der Waals surface area contributed by atoms with Crippen molar-refractivity contribution >= 4 is 38.8 Å². The summed E-state index contributed by atoms with van der Waals surface area (Å²) in [7, 11) is -3.86. The SMILES string of the molecule is N=C(N)c1ccc(N)c(CN2CC[C@H](NS(=O)(=O)c3ccc(-c4ccccn4)s3)C2=O)c1. The van der Waals surface area contributed by atoms with Crippen molar-refractivity contribution in [3.05, 3.63) is 65.9 Å². The number of nitrogens with two attached hydrogens (primary N) is 2. The Balaban J connectivity index is 1.46. The molecule has 6 N–H and O–H groups in total. The molecule has 1 amide bonds. The summed E-state index contributed by atoms with van der Waals surface area (Å²) in [5.41, 5.74) is 13.9. The number of hydrogen-bond acceptors (Lipinski definition) is 7. The molecule has 2 aromatic heterocycles. The minimum atomic E-state index is -3.86. The van der Waals surface area contributed by atoms with Gasteiger partial charge in [0.15, 0.2) is 0 Å². The number of aromatic nitrogens is 1. The number of nitrogens with one attached hydrogen (secondary N) is 2. The molecule has 4 rings (SSSR count). The summed E-state index contributed by atoms with van der Waals surface area (Å²) < 4.78 is 28.4. The molecule has 166 valence electrons. The summed E-state index contributed by atoms with van der Waals surface area (Å²) in [5.74, 6) is -0.409. The quantitative estimate of drug-likeness (QED) is 0.234. The number of rotatable bonds is 7. The summed E-state index contributed by atoms with van der Waals surface area (Å²) >= 11 is 1.10. The van der Waals surface area contributed by atoms with Crippen LogP contribution in [0.4, 0.5) is 5.69 Å². The molecule has 0 radical (unpaired) electrons. The molecule has 9 nitrogen and oxygen atoms in total. The zero-order valence-electron chi connectivity index (χ0n) is 17.0. The summed E-state index contributed by atoms with van der Waals surface area (Å²) in [6, 6.07) is 12.8. The summed E-state index contributed by atoms with van der Waals surface area (Å²) in [6.07, 6.45) is 1.99. The second-order valence-corrected chi connectivity index (χ2v) is 10.4. The van der Waals surface area contributed by atoms with Gasteiger partial charge in [-0.25, -0.2) is 8.42 Å². The van der Waals surface area contributed by atoms with Gasteiger partial charge in [-0.2, -0.15) is 4.72 Å². The number of hydrogen-bond donors (Lipinski definition) is 4. The average molecular weight is 471 g/mol. The van der Waals surface area contributed by atoms with Crippen LogP contribution in [0.2, 0.25) is 0 Å². The van der Waals surface area contributed by atoms with E-state index < -0.39 is 16.1 Å². The number of benzene rings is 1. The van der Waals surface area contributed by atoms with Gasteiger partial charge in [0.05, 0.1) is 10.6 Å². The number of amides is 1. The first kappa shape index (κ1) is 21.9. The van der Waals surface area contributed by atoms with Gasteiger partial charge in [0.1, 0.15) is 16.1 Å². The van der Waals surface area contributed by atoms with Gasteiger partial charge in [0.25, 0.3) is 10.0 Å². The maximum atomic E-state index is 12.9. The first-order valence-electron chi connectivity index (χ1n) is 9.80. The third kappa shape index (κ3) is 4.49. The van der Waals surface area contributed by atoms with Crippen molar-refractivity contribution < 1.29 is 13.2 Å². The monoisotopic (exact) mass is 470 g/mol. The van der Waals surface area contributed by atoms with Gasteiger partial charge in [0.2, 0.25) is 5.91 Å². The standard InChI is InChI=1S/C21H22N6O3S2/c22-15-5-4-13(20(23)24)11-14(15)12-27-10-8-17(21(27)28)26-32(29,30)19-7-6-18(31-19)16-3-1-2-9-25-16/h1-7,9,11,17,26H,8,10,12,22H2,(H3,23,24)/t17-/m0/s1. The fourth-order valence-corrected chi connectivity index (χ4v) is 6.00. The Hall–Kier alpha value is -3.28. The van der Waals surface area contributed by atoms with E-state index in [0.29, 0.717) is 35.5 Å². The van der Waals surface area contributed by atoms with E-state index >= 15 is 0 Å². The van der Waals surface area contributed by atoms with E-state index in [1.807, 2.05) is 6.07 Å². The molecule has 0 unspecified atom stereocenters. The number of amidine groups is 1. The lowest BCUT2D eigenvalue weighted by Gasteiger charge is -2.19. The fourth-order valence-electron chi connectivity index (χ4n) is 3.48.